The Labute approximate surface area is 94.4 Å². The molecule has 0 unspecified atom stereocenters. The standard InChI is InChI=1S/C10H10Br2O/c11-9(12)10(13)6-5-7-3-1-2-4-8(7)10/h1-4,9,13H,5-6H2/t10-/m1/s1. The molecule has 0 aliphatic heterocycles. The van der Waals surface area contributed by atoms with E-state index >= 15 is 0 Å². The van der Waals surface area contributed by atoms with Crippen LogP contribution in [-0.2, 0) is 12.0 Å². The summed E-state index contributed by atoms with van der Waals surface area (Å²) in [6.45, 7) is 0. The van der Waals surface area contributed by atoms with Gasteiger partial charge in [0.2, 0.25) is 0 Å². The number of alkyl halides is 2. The molecular weight excluding hydrogens is 296 g/mol. The van der Waals surface area contributed by atoms with Crippen molar-refractivity contribution in [2.45, 2.75) is 22.2 Å². The lowest BCUT2D eigenvalue weighted by atomic mass is 9.99. The lowest BCUT2D eigenvalue weighted by Gasteiger charge is -2.25. The van der Waals surface area contributed by atoms with Gasteiger partial charge in [0.05, 0.1) is 0 Å². The van der Waals surface area contributed by atoms with Crippen LogP contribution in [-0.4, -0.2) is 8.84 Å². The van der Waals surface area contributed by atoms with Crippen molar-refractivity contribution in [2.24, 2.45) is 0 Å². The van der Waals surface area contributed by atoms with E-state index in [1.807, 2.05) is 18.2 Å². The summed E-state index contributed by atoms with van der Waals surface area (Å²) in [5, 5.41) is 10.3. The maximum Gasteiger partial charge on any atom is 0.112 e. The lowest BCUT2D eigenvalue weighted by Crippen LogP contribution is -2.29. The minimum atomic E-state index is -0.739. The molecule has 0 aromatic heterocycles. The molecule has 0 spiro atoms. The summed E-state index contributed by atoms with van der Waals surface area (Å²) >= 11 is 6.79. The summed E-state index contributed by atoms with van der Waals surface area (Å²) in [7, 11) is 0. The molecule has 13 heavy (non-hydrogen) atoms. The van der Waals surface area contributed by atoms with Crippen molar-refractivity contribution in [3.8, 4) is 0 Å². The van der Waals surface area contributed by atoms with E-state index in [0.717, 1.165) is 18.4 Å². The van der Waals surface area contributed by atoms with E-state index < -0.39 is 5.60 Å². The Morgan fingerprint density at radius 3 is 2.69 bits per heavy atom. The highest BCUT2D eigenvalue weighted by Crippen LogP contribution is 2.44. The van der Waals surface area contributed by atoms with Crippen LogP contribution in [0.25, 0.3) is 0 Å². The van der Waals surface area contributed by atoms with Crippen LogP contribution in [0.5, 0.6) is 0 Å². The van der Waals surface area contributed by atoms with Crippen molar-refractivity contribution in [1.82, 2.24) is 0 Å². The zero-order valence-electron chi connectivity index (χ0n) is 7.00. The minimum Gasteiger partial charge on any atom is -0.383 e. The van der Waals surface area contributed by atoms with Gasteiger partial charge in [-0.2, -0.15) is 0 Å². The first-order chi connectivity index (χ1) is 6.14. The van der Waals surface area contributed by atoms with Crippen LogP contribution in [0.4, 0.5) is 0 Å². The van der Waals surface area contributed by atoms with E-state index in [1.165, 1.54) is 5.56 Å². The third kappa shape index (κ3) is 1.47. The van der Waals surface area contributed by atoms with Crippen molar-refractivity contribution >= 4 is 31.9 Å². The molecule has 0 fully saturated rings. The summed E-state index contributed by atoms with van der Waals surface area (Å²) in [4.78, 5) is 0. The number of aliphatic hydroxyl groups is 1. The Kier molecular flexibility index (Phi) is 2.51. The van der Waals surface area contributed by atoms with E-state index in [2.05, 4.69) is 37.9 Å². The lowest BCUT2D eigenvalue weighted by molar-refractivity contribution is 0.0595. The molecule has 1 nitrogen and oxygen atoms in total. The molecule has 1 N–H and O–H groups in total. The van der Waals surface area contributed by atoms with Gasteiger partial charge in [-0.25, -0.2) is 0 Å². The summed E-state index contributed by atoms with van der Waals surface area (Å²) in [5.41, 5.74) is 1.57. The molecule has 0 amide bonds. The van der Waals surface area contributed by atoms with Gasteiger partial charge in [0.15, 0.2) is 0 Å². The van der Waals surface area contributed by atoms with Gasteiger partial charge in [0, 0.05) is 0 Å². The molecule has 0 saturated carbocycles. The molecule has 2 rings (SSSR count). The fraction of sp³-hybridized carbons (Fsp3) is 0.400. The number of halogens is 2. The number of fused-ring (bicyclic) bond motifs is 1. The van der Waals surface area contributed by atoms with Crippen LogP contribution in [0, 0.1) is 0 Å². The predicted octanol–water partition coefficient (Wildman–Crippen LogP) is 2.94. The highest BCUT2D eigenvalue weighted by atomic mass is 79.9. The van der Waals surface area contributed by atoms with E-state index in [-0.39, 0.29) is 3.74 Å². The smallest absolute Gasteiger partial charge is 0.112 e. The Balaban J connectivity index is 2.49. The molecule has 1 aliphatic carbocycles. The number of hydrogen-bond acceptors (Lipinski definition) is 1. The number of aryl methyl sites for hydroxylation is 1. The largest absolute Gasteiger partial charge is 0.383 e. The third-order valence-electron chi connectivity index (χ3n) is 2.62. The zero-order chi connectivity index (χ0) is 9.47. The van der Waals surface area contributed by atoms with E-state index in [9.17, 15) is 5.11 Å². The molecule has 1 aromatic rings. The zero-order valence-corrected chi connectivity index (χ0v) is 10.2. The topological polar surface area (TPSA) is 20.2 Å². The molecule has 3 heteroatoms. The molecule has 70 valence electrons. The monoisotopic (exact) mass is 304 g/mol. The van der Waals surface area contributed by atoms with E-state index in [0.29, 0.717) is 0 Å². The normalized spacial score (nSPS) is 26.5. The van der Waals surface area contributed by atoms with Crippen LogP contribution in [0.3, 0.4) is 0 Å². The molecule has 1 atom stereocenters. The second-order valence-corrected chi connectivity index (χ2v) is 6.44. The van der Waals surface area contributed by atoms with Gasteiger partial charge in [-0.1, -0.05) is 56.1 Å². The summed E-state index contributed by atoms with van der Waals surface area (Å²) < 4.78 is -0.0730. The van der Waals surface area contributed by atoms with Crippen molar-refractivity contribution < 1.29 is 5.11 Å². The second kappa shape index (κ2) is 3.37. The van der Waals surface area contributed by atoms with Crippen molar-refractivity contribution in [2.75, 3.05) is 0 Å². The van der Waals surface area contributed by atoms with E-state index in [1.54, 1.807) is 0 Å². The average Bonchev–Trinajstić information content (AvgIpc) is 2.47. The van der Waals surface area contributed by atoms with E-state index in [4.69, 9.17) is 0 Å². The number of hydrogen-bond donors (Lipinski definition) is 1. The summed E-state index contributed by atoms with van der Waals surface area (Å²) in [6.07, 6.45) is 1.74. The molecule has 1 aromatic carbocycles. The Morgan fingerprint density at radius 2 is 2.00 bits per heavy atom. The van der Waals surface area contributed by atoms with Gasteiger partial charge >= 0.3 is 0 Å². The van der Waals surface area contributed by atoms with Gasteiger partial charge in [-0.3, -0.25) is 0 Å². The molecular formula is C10H10Br2O. The Hall–Kier alpha value is 0.140. The van der Waals surface area contributed by atoms with Crippen LogP contribution in [0.2, 0.25) is 0 Å². The Morgan fingerprint density at radius 1 is 1.31 bits per heavy atom. The fourth-order valence-electron chi connectivity index (χ4n) is 1.85. The fourth-order valence-corrected chi connectivity index (χ4v) is 2.80. The SMILES string of the molecule is O[C@]1(C(Br)Br)CCc2ccccc21. The Bertz CT molecular complexity index is 324. The van der Waals surface area contributed by atoms with Gasteiger partial charge < -0.3 is 5.11 Å². The van der Waals surface area contributed by atoms with Crippen molar-refractivity contribution in [1.29, 1.82) is 0 Å². The number of benzene rings is 1. The molecule has 0 heterocycles. The third-order valence-corrected chi connectivity index (χ3v) is 4.14. The highest BCUT2D eigenvalue weighted by Gasteiger charge is 2.40. The van der Waals surface area contributed by atoms with Gasteiger partial charge in [0.1, 0.15) is 9.34 Å². The van der Waals surface area contributed by atoms with Crippen LogP contribution in [0.15, 0.2) is 24.3 Å². The highest BCUT2D eigenvalue weighted by molar-refractivity contribution is 9.24. The van der Waals surface area contributed by atoms with Crippen LogP contribution < -0.4 is 0 Å². The van der Waals surface area contributed by atoms with Gasteiger partial charge in [-0.05, 0) is 24.0 Å². The summed E-state index contributed by atoms with van der Waals surface area (Å²) in [5.74, 6) is 0. The maximum absolute atomic E-state index is 10.3. The van der Waals surface area contributed by atoms with Crippen molar-refractivity contribution in [3.63, 3.8) is 0 Å². The van der Waals surface area contributed by atoms with Crippen LogP contribution in [0.1, 0.15) is 17.5 Å². The molecule has 0 radical (unpaired) electrons. The van der Waals surface area contributed by atoms with Gasteiger partial charge in [0.25, 0.3) is 0 Å². The first kappa shape index (κ1) is 9.69. The molecule has 0 bridgehead atoms. The first-order valence-electron chi connectivity index (χ1n) is 4.23. The minimum absolute atomic E-state index is 0.0730. The second-order valence-electron chi connectivity index (χ2n) is 3.38. The first-order valence-corrected chi connectivity index (χ1v) is 6.06. The van der Waals surface area contributed by atoms with Crippen LogP contribution >= 0.6 is 31.9 Å². The quantitative estimate of drug-likeness (QED) is 0.791. The predicted molar refractivity (Wildman–Crippen MR) is 60.3 cm³/mol. The summed E-state index contributed by atoms with van der Waals surface area (Å²) in [6, 6.07) is 8.06. The number of rotatable bonds is 1. The maximum atomic E-state index is 10.3. The molecule has 1 aliphatic rings. The molecule has 0 saturated heterocycles. The van der Waals surface area contributed by atoms with Crippen molar-refractivity contribution in [3.05, 3.63) is 35.4 Å². The average molecular weight is 306 g/mol. The van der Waals surface area contributed by atoms with Gasteiger partial charge in [-0.15, -0.1) is 0 Å².